The number of hydrogen-bond acceptors (Lipinski definition) is 3. The van der Waals surface area contributed by atoms with Crippen molar-refractivity contribution in [1.82, 2.24) is 9.78 Å². The standard InChI is InChI=1S/C17H22ClN3O2/c1-10(9-21-13(4)11(2)12(3)20-21)17(22)19-15-8-14(18)6-7-16(15)23-5/h6-8,10H,9H2,1-5H3,(H,19,22)/t10-/m1/s1. The van der Waals surface area contributed by atoms with Crippen molar-refractivity contribution in [2.75, 3.05) is 12.4 Å². The minimum atomic E-state index is -0.240. The average Bonchev–Trinajstić information content (AvgIpc) is 2.74. The normalized spacial score (nSPS) is 12.1. The van der Waals surface area contributed by atoms with E-state index in [2.05, 4.69) is 10.4 Å². The third-order valence-electron chi connectivity index (χ3n) is 4.06. The van der Waals surface area contributed by atoms with Crippen LogP contribution in [0.25, 0.3) is 0 Å². The van der Waals surface area contributed by atoms with Crippen LogP contribution in [0.5, 0.6) is 5.75 Å². The van der Waals surface area contributed by atoms with Gasteiger partial charge in [0.1, 0.15) is 5.75 Å². The van der Waals surface area contributed by atoms with Gasteiger partial charge in [-0.25, -0.2) is 0 Å². The largest absolute Gasteiger partial charge is 0.495 e. The molecule has 1 aromatic carbocycles. The van der Waals surface area contributed by atoms with Gasteiger partial charge >= 0.3 is 0 Å². The number of halogens is 1. The molecule has 0 saturated carbocycles. The highest BCUT2D eigenvalue weighted by Crippen LogP contribution is 2.28. The Morgan fingerprint density at radius 2 is 2.09 bits per heavy atom. The third-order valence-corrected chi connectivity index (χ3v) is 4.29. The molecule has 0 aliphatic heterocycles. The van der Waals surface area contributed by atoms with Gasteiger partial charge in [0.2, 0.25) is 5.91 Å². The summed E-state index contributed by atoms with van der Waals surface area (Å²) in [4.78, 5) is 12.4. The van der Waals surface area contributed by atoms with E-state index in [1.807, 2.05) is 32.4 Å². The summed E-state index contributed by atoms with van der Waals surface area (Å²) < 4.78 is 7.13. The first-order chi connectivity index (χ1) is 10.8. The fourth-order valence-electron chi connectivity index (χ4n) is 2.34. The van der Waals surface area contributed by atoms with Gasteiger partial charge in [-0.3, -0.25) is 9.48 Å². The van der Waals surface area contributed by atoms with Crippen molar-refractivity contribution in [2.45, 2.75) is 34.2 Å². The van der Waals surface area contributed by atoms with Gasteiger partial charge in [-0.1, -0.05) is 18.5 Å². The zero-order chi connectivity index (χ0) is 17.1. The Labute approximate surface area is 141 Å². The lowest BCUT2D eigenvalue weighted by Gasteiger charge is -2.15. The van der Waals surface area contributed by atoms with E-state index in [1.54, 1.807) is 25.3 Å². The van der Waals surface area contributed by atoms with E-state index in [-0.39, 0.29) is 11.8 Å². The number of carbonyl (C=O) groups excluding carboxylic acids is 1. The second-order valence-electron chi connectivity index (χ2n) is 5.71. The highest BCUT2D eigenvalue weighted by atomic mass is 35.5. The van der Waals surface area contributed by atoms with E-state index in [0.717, 1.165) is 17.0 Å². The Morgan fingerprint density at radius 3 is 2.65 bits per heavy atom. The van der Waals surface area contributed by atoms with Crippen LogP contribution in [-0.4, -0.2) is 22.8 Å². The maximum absolute atomic E-state index is 12.4. The topological polar surface area (TPSA) is 56.1 Å². The second kappa shape index (κ2) is 7.04. The number of anilines is 1. The van der Waals surface area contributed by atoms with Crippen LogP contribution in [0, 0.1) is 26.7 Å². The average molecular weight is 336 g/mol. The lowest BCUT2D eigenvalue weighted by molar-refractivity contribution is -0.119. The van der Waals surface area contributed by atoms with Gasteiger partial charge in [-0.15, -0.1) is 0 Å². The molecule has 1 N–H and O–H groups in total. The smallest absolute Gasteiger partial charge is 0.229 e. The molecule has 1 atom stereocenters. The number of nitrogens with zero attached hydrogens (tertiary/aromatic N) is 2. The molecule has 23 heavy (non-hydrogen) atoms. The van der Waals surface area contributed by atoms with Gasteiger partial charge in [0, 0.05) is 10.7 Å². The molecule has 0 aliphatic carbocycles. The Morgan fingerprint density at radius 1 is 1.39 bits per heavy atom. The molecule has 6 heteroatoms. The molecule has 1 amide bonds. The van der Waals surface area contributed by atoms with Crippen LogP contribution in [0.1, 0.15) is 23.9 Å². The SMILES string of the molecule is COc1ccc(Cl)cc1NC(=O)[C@H](C)Cn1nc(C)c(C)c1C. The van der Waals surface area contributed by atoms with Gasteiger partial charge in [-0.05, 0) is 44.5 Å². The minimum absolute atomic E-state index is 0.101. The Bertz CT molecular complexity index is 725. The van der Waals surface area contributed by atoms with Crippen LogP contribution < -0.4 is 10.1 Å². The summed E-state index contributed by atoms with van der Waals surface area (Å²) in [5.41, 5.74) is 3.81. The number of aryl methyl sites for hydroxylation is 1. The molecule has 2 aromatic rings. The number of carbonyl (C=O) groups is 1. The summed E-state index contributed by atoms with van der Waals surface area (Å²) in [5, 5.41) is 7.90. The lowest BCUT2D eigenvalue weighted by atomic mass is 10.1. The molecule has 0 spiro atoms. The molecule has 124 valence electrons. The summed E-state index contributed by atoms with van der Waals surface area (Å²) in [5.74, 6) is 0.240. The zero-order valence-electron chi connectivity index (χ0n) is 14.1. The third kappa shape index (κ3) is 3.85. The summed E-state index contributed by atoms with van der Waals surface area (Å²) in [6.45, 7) is 8.42. The second-order valence-corrected chi connectivity index (χ2v) is 6.15. The maximum atomic E-state index is 12.4. The van der Waals surface area contributed by atoms with Crippen LogP contribution in [0.4, 0.5) is 5.69 Å². The monoisotopic (exact) mass is 335 g/mol. The van der Waals surface area contributed by atoms with E-state index in [4.69, 9.17) is 16.3 Å². The summed E-state index contributed by atoms with van der Waals surface area (Å²) >= 11 is 5.99. The molecule has 5 nitrogen and oxygen atoms in total. The number of aromatic nitrogens is 2. The summed E-state index contributed by atoms with van der Waals surface area (Å²) in [7, 11) is 1.56. The Balaban J connectivity index is 2.11. The molecular formula is C17H22ClN3O2. The first-order valence-electron chi connectivity index (χ1n) is 7.48. The fraction of sp³-hybridized carbons (Fsp3) is 0.412. The Kier molecular flexibility index (Phi) is 5.31. The van der Waals surface area contributed by atoms with E-state index in [0.29, 0.717) is 23.0 Å². The van der Waals surface area contributed by atoms with Crippen molar-refractivity contribution in [3.63, 3.8) is 0 Å². The predicted molar refractivity (Wildman–Crippen MR) is 92.2 cm³/mol. The van der Waals surface area contributed by atoms with Crippen molar-refractivity contribution < 1.29 is 9.53 Å². The number of nitrogens with one attached hydrogen (secondary N) is 1. The van der Waals surface area contributed by atoms with Crippen LogP contribution >= 0.6 is 11.6 Å². The van der Waals surface area contributed by atoms with E-state index in [9.17, 15) is 4.79 Å². The van der Waals surface area contributed by atoms with Crippen molar-refractivity contribution in [3.8, 4) is 5.75 Å². The molecule has 0 saturated heterocycles. The van der Waals surface area contributed by atoms with Gasteiger partial charge in [-0.2, -0.15) is 5.10 Å². The lowest BCUT2D eigenvalue weighted by Crippen LogP contribution is -2.25. The van der Waals surface area contributed by atoms with Gasteiger partial charge in [0.15, 0.2) is 0 Å². The number of ether oxygens (including phenoxy) is 1. The quantitative estimate of drug-likeness (QED) is 0.905. The molecule has 2 rings (SSSR count). The molecule has 1 heterocycles. The summed E-state index contributed by atoms with van der Waals surface area (Å²) in [6, 6.07) is 5.13. The van der Waals surface area contributed by atoms with E-state index >= 15 is 0 Å². The molecule has 1 aromatic heterocycles. The van der Waals surface area contributed by atoms with Gasteiger partial charge in [0.25, 0.3) is 0 Å². The van der Waals surface area contributed by atoms with Gasteiger partial charge in [0.05, 0.1) is 31.0 Å². The predicted octanol–water partition coefficient (Wildman–Crippen LogP) is 3.75. The highest BCUT2D eigenvalue weighted by Gasteiger charge is 2.18. The van der Waals surface area contributed by atoms with Gasteiger partial charge < -0.3 is 10.1 Å². The van der Waals surface area contributed by atoms with Crippen LogP contribution in [0.3, 0.4) is 0 Å². The number of methoxy groups -OCH3 is 1. The van der Waals surface area contributed by atoms with Crippen LogP contribution in [-0.2, 0) is 11.3 Å². The number of benzene rings is 1. The van der Waals surface area contributed by atoms with Crippen molar-refractivity contribution in [2.24, 2.45) is 5.92 Å². The highest BCUT2D eigenvalue weighted by molar-refractivity contribution is 6.31. The van der Waals surface area contributed by atoms with Crippen molar-refractivity contribution in [1.29, 1.82) is 0 Å². The first kappa shape index (κ1) is 17.3. The summed E-state index contributed by atoms with van der Waals surface area (Å²) in [6.07, 6.45) is 0. The molecule has 0 unspecified atom stereocenters. The van der Waals surface area contributed by atoms with Crippen LogP contribution in [0.2, 0.25) is 5.02 Å². The van der Waals surface area contributed by atoms with E-state index < -0.39 is 0 Å². The molecule has 0 bridgehead atoms. The molecule has 0 radical (unpaired) electrons. The molecular weight excluding hydrogens is 314 g/mol. The zero-order valence-corrected chi connectivity index (χ0v) is 14.9. The number of amides is 1. The van der Waals surface area contributed by atoms with Crippen molar-refractivity contribution in [3.05, 3.63) is 40.2 Å². The minimum Gasteiger partial charge on any atom is -0.495 e. The fourth-order valence-corrected chi connectivity index (χ4v) is 2.51. The van der Waals surface area contributed by atoms with Crippen molar-refractivity contribution >= 4 is 23.2 Å². The molecule has 0 aliphatic rings. The van der Waals surface area contributed by atoms with Crippen LogP contribution in [0.15, 0.2) is 18.2 Å². The number of hydrogen-bond donors (Lipinski definition) is 1. The first-order valence-corrected chi connectivity index (χ1v) is 7.86. The number of rotatable bonds is 5. The van der Waals surface area contributed by atoms with E-state index in [1.165, 1.54) is 0 Å². The molecule has 0 fully saturated rings. The Hall–Kier alpha value is -2.01. The maximum Gasteiger partial charge on any atom is 0.229 e.